The minimum atomic E-state index is -1.14. The molecule has 0 N–H and O–H groups in total. The summed E-state index contributed by atoms with van der Waals surface area (Å²) >= 11 is 0. The van der Waals surface area contributed by atoms with Gasteiger partial charge in [0.25, 0.3) is 0 Å². The van der Waals surface area contributed by atoms with Crippen LogP contribution in [0.4, 0.5) is 0 Å². The Kier molecular flexibility index (Phi) is 8.17. The summed E-state index contributed by atoms with van der Waals surface area (Å²) in [6, 6.07) is 0. The van der Waals surface area contributed by atoms with Crippen molar-refractivity contribution in [2.24, 2.45) is 76.4 Å². The zero-order valence-corrected chi connectivity index (χ0v) is 26.8. The fourth-order valence-corrected chi connectivity index (χ4v) is 11.7. The average molecular weight is 625 g/mol. The van der Waals surface area contributed by atoms with Crippen LogP contribution < -0.4 is 0 Å². The zero-order chi connectivity index (χ0) is 30.7. The maximum atomic E-state index is 13.4. The third-order valence-corrected chi connectivity index (χ3v) is 14.2. The Morgan fingerprint density at radius 3 is 0.800 bits per heavy atom. The third kappa shape index (κ3) is 5.94. The molecule has 45 heavy (non-hydrogen) atoms. The van der Waals surface area contributed by atoms with E-state index >= 15 is 0 Å². The number of hydrogen-bond donors (Lipinski definition) is 0. The highest BCUT2D eigenvalue weighted by Crippen LogP contribution is 2.52. The van der Waals surface area contributed by atoms with Crippen LogP contribution in [0.5, 0.6) is 0 Å². The van der Waals surface area contributed by atoms with Gasteiger partial charge in [-0.3, -0.25) is 19.2 Å². The van der Waals surface area contributed by atoms with Crippen LogP contribution in [0.1, 0.15) is 103 Å². The van der Waals surface area contributed by atoms with E-state index in [0.717, 1.165) is 77.0 Å². The number of rotatable bonds is 12. The number of esters is 4. The van der Waals surface area contributed by atoms with E-state index in [4.69, 9.17) is 18.9 Å². The normalized spacial score (nSPS) is 43.0. The molecule has 8 aliphatic carbocycles. The van der Waals surface area contributed by atoms with Crippen molar-refractivity contribution in [2.45, 2.75) is 103 Å². The van der Waals surface area contributed by atoms with Gasteiger partial charge >= 0.3 is 23.9 Å². The number of hydrogen-bond acceptors (Lipinski definition) is 8. The predicted molar refractivity (Wildman–Crippen MR) is 162 cm³/mol. The summed E-state index contributed by atoms with van der Waals surface area (Å²) in [5.41, 5.74) is -1.14. The molecule has 0 aliphatic heterocycles. The second-order valence-corrected chi connectivity index (χ2v) is 17.1. The fraction of sp³-hybridized carbons (Fsp3) is 0.892. The molecule has 0 spiro atoms. The van der Waals surface area contributed by atoms with Crippen LogP contribution in [0.25, 0.3) is 0 Å². The number of carbonyl (C=O) groups is 4. The lowest BCUT2D eigenvalue weighted by Gasteiger charge is -2.34. The van der Waals surface area contributed by atoms with Crippen molar-refractivity contribution in [2.75, 3.05) is 26.4 Å². The van der Waals surface area contributed by atoms with Crippen molar-refractivity contribution in [1.82, 2.24) is 0 Å². The summed E-state index contributed by atoms with van der Waals surface area (Å²) in [6.45, 7) is -0.398. The molecule has 8 aliphatic rings. The van der Waals surface area contributed by atoms with Crippen molar-refractivity contribution in [1.29, 1.82) is 0 Å². The molecular weight excluding hydrogens is 572 g/mol. The SMILES string of the molecule is O=C(OCC(COC(=O)C1CC2CCC1C2)(COC(=O)C1CC2CCC1C2)COC(=O)C1CC2CCC1C2)C1CC2CCC1C2. The smallest absolute Gasteiger partial charge is 0.309 e. The third-order valence-electron chi connectivity index (χ3n) is 14.2. The van der Waals surface area contributed by atoms with Crippen LogP contribution in [0.15, 0.2) is 0 Å². The van der Waals surface area contributed by atoms with Gasteiger partial charge in [0.05, 0.1) is 23.7 Å². The van der Waals surface area contributed by atoms with Crippen LogP contribution in [0.3, 0.4) is 0 Å². The Morgan fingerprint density at radius 1 is 0.378 bits per heavy atom. The maximum Gasteiger partial charge on any atom is 0.309 e. The molecule has 8 nitrogen and oxygen atoms in total. The van der Waals surface area contributed by atoms with Gasteiger partial charge in [0.2, 0.25) is 0 Å². The molecule has 0 saturated heterocycles. The maximum absolute atomic E-state index is 13.4. The van der Waals surface area contributed by atoms with Crippen molar-refractivity contribution in [3.8, 4) is 0 Å². The van der Waals surface area contributed by atoms with Crippen LogP contribution in [-0.4, -0.2) is 50.3 Å². The fourth-order valence-electron chi connectivity index (χ4n) is 11.7. The summed E-state index contributed by atoms with van der Waals surface area (Å²) < 4.78 is 24.2. The summed E-state index contributed by atoms with van der Waals surface area (Å²) in [5.74, 6) is 2.61. The molecule has 0 amide bonds. The van der Waals surface area contributed by atoms with Gasteiger partial charge in [-0.25, -0.2) is 0 Å². The molecule has 0 heterocycles. The van der Waals surface area contributed by atoms with Crippen molar-refractivity contribution < 1.29 is 38.1 Å². The first-order chi connectivity index (χ1) is 21.8. The first-order valence-corrected chi connectivity index (χ1v) is 18.5. The lowest BCUT2D eigenvalue weighted by molar-refractivity contribution is -0.177. The molecule has 0 aromatic rings. The van der Waals surface area contributed by atoms with Gasteiger partial charge < -0.3 is 18.9 Å². The van der Waals surface area contributed by atoms with E-state index in [1.807, 2.05) is 0 Å². The minimum absolute atomic E-state index is 0.0995. The summed E-state index contributed by atoms with van der Waals surface area (Å²) in [6.07, 6.45) is 16.9. The number of fused-ring (bicyclic) bond motifs is 8. The first-order valence-electron chi connectivity index (χ1n) is 18.5. The average Bonchev–Trinajstić information content (AvgIpc) is 3.90. The number of carbonyl (C=O) groups excluding carboxylic acids is 4. The van der Waals surface area contributed by atoms with Crippen LogP contribution >= 0.6 is 0 Å². The zero-order valence-electron chi connectivity index (χ0n) is 26.8. The molecule has 0 aromatic heterocycles. The summed E-state index contributed by atoms with van der Waals surface area (Å²) in [5, 5.41) is 0. The Balaban J connectivity index is 0.988. The second-order valence-electron chi connectivity index (χ2n) is 17.1. The minimum Gasteiger partial charge on any atom is -0.464 e. The summed E-state index contributed by atoms with van der Waals surface area (Å²) in [4.78, 5) is 53.8. The van der Waals surface area contributed by atoms with E-state index in [1.54, 1.807) is 0 Å². The van der Waals surface area contributed by atoms with E-state index in [9.17, 15) is 19.2 Å². The molecule has 12 unspecified atom stereocenters. The topological polar surface area (TPSA) is 105 Å². The van der Waals surface area contributed by atoms with Crippen LogP contribution in [0.2, 0.25) is 0 Å². The second kappa shape index (κ2) is 12.2. The molecule has 0 aromatic carbocycles. The van der Waals surface area contributed by atoms with Crippen molar-refractivity contribution in [3.63, 3.8) is 0 Å². The monoisotopic (exact) mass is 624 g/mol. The van der Waals surface area contributed by atoms with E-state index in [0.29, 0.717) is 47.3 Å². The Bertz CT molecular complexity index is 999. The highest BCUT2D eigenvalue weighted by molar-refractivity contribution is 5.75. The lowest BCUT2D eigenvalue weighted by atomic mass is 9.87. The molecule has 8 saturated carbocycles. The molecule has 248 valence electrons. The first kappa shape index (κ1) is 30.2. The quantitative estimate of drug-likeness (QED) is 0.196. The Labute approximate surface area is 267 Å². The van der Waals surface area contributed by atoms with Gasteiger partial charge in [-0.15, -0.1) is 0 Å². The standard InChI is InChI=1S/C37H52O8/c38-33(29-13-21-1-5-25(29)9-21)42-17-37(18-43-34(39)30-14-22-2-6-26(30)10-22,19-44-35(40)31-15-23-3-7-27(31)11-23)20-45-36(41)32-16-24-4-8-28(32)12-24/h21-32H,1-20H2. The Morgan fingerprint density at radius 2 is 0.622 bits per heavy atom. The highest BCUT2D eigenvalue weighted by atomic mass is 16.6. The van der Waals surface area contributed by atoms with Crippen LogP contribution in [0, 0.1) is 76.4 Å². The molecule has 0 radical (unpaired) electrons. The van der Waals surface area contributed by atoms with Gasteiger partial charge in [0, 0.05) is 0 Å². The largest absolute Gasteiger partial charge is 0.464 e. The van der Waals surface area contributed by atoms with Crippen molar-refractivity contribution in [3.05, 3.63) is 0 Å². The summed E-state index contributed by atoms with van der Waals surface area (Å²) in [7, 11) is 0. The molecule has 8 heteroatoms. The number of ether oxygens (including phenoxy) is 4. The molecule has 8 rings (SSSR count). The van der Waals surface area contributed by atoms with Gasteiger partial charge in [0.15, 0.2) is 0 Å². The lowest BCUT2D eigenvalue weighted by Crippen LogP contribution is -2.46. The van der Waals surface area contributed by atoms with Gasteiger partial charge in [-0.05, 0) is 124 Å². The van der Waals surface area contributed by atoms with E-state index < -0.39 is 5.41 Å². The predicted octanol–water partition coefficient (Wildman–Crippen LogP) is 5.89. The van der Waals surface area contributed by atoms with Crippen LogP contribution in [-0.2, 0) is 38.1 Å². The van der Waals surface area contributed by atoms with E-state index in [1.165, 1.54) is 25.7 Å². The van der Waals surface area contributed by atoms with Crippen molar-refractivity contribution >= 4 is 23.9 Å². The van der Waals surface area contributed by atoms with Gasteiger partial charge in [-0.2, -0.15) is 0 Å². The molecular formula is C37H52O8. The van der Waals surface area contributed by atoms with E-state index in [-0.39, 0.29) is 74.0 Å². The molecule has 8 bridgehead atoms. The van der Waals surface area contributed by atoms with Gasteiger partial charge in [-0.1, -0.05) is 25.7 Å². The molecule has 12 atom stereocenters. The van der Waals surface area contributed by atoms with E-state index in [2.05, 4.69) is 0 Å². The molecule has 8 fully saturated rings. The van der Waals surface area contributed by atoms with Gasteiger partial charge in [0.1, 0.15) is 31.8 Å². The Hall–Kier alpha value is -2.12. The highest BCUT2D eigenvalue weighted by Gasteiger charge is 2.50.